The number of rotatable bonds is 7. The molecule has 0 aliphatic carbocycles. The van der Waals surface area contributed by atoms with E-state index in [4.69, 9.17) is 10.2 Å². The van der Waals surface area contributed by atoms with Crippen LogP contribution in [0.15, 0.2) is 65.2 Å². The molecule has 0 radical (unpaired) electrons. The smallest absolute Gasteiger partial charge is 0.252 e. The molecule has 2 aromatic carbocycles. The summed E-state index contributed by atoms with van der Waals surface area (Å²) in [7, 11) is 0. The molecule has 27 heavy (non-hydrogen) atoms. The van der Waals surface area contributed by atoms with Crippen molar-refractivity contribution in [2.75, 3.05) is 6.54 Å². The second-order valence-electron chi connectivity index (χ2n) is 6.69. The van der Waals surface area contributed by atoms with Crippen molar-refractivity contribution in [1.29, 1.82) is 0 Å². The van der Waals surface area contributed by atoms with Crippen molar-refractivity contribution in [3.63, 3.8) is 0 Å². The highest BCUT2D eigenvalue weighted by Gasteiger charge is 2.23. The Balaban J connectivity index is 1.84. The molecule has 3 N–H and O–H groups in total. The van der Waals surface area contributed by atoms with Crippen LogP contribution in [0.25, 0.3) is 22.8 Å². The first kappa shape index (κ1) is 18.9. The summed E-state index contributed by atoms with van der Waals surface area (Å²) in [6, 6.07) is 17.1. The fraction of sp³-hybridized carbons (Fsp3) is 0.273. The minimum atomic E-state index is -0.395. The number of oxazole rings is 1. The van der Waals surface area contributed by atoms with Crippen molar-refractivity contribution in [1.82, 2.24) is 10.3 Å². The molecule has 0 aliphatic rings. The van der Waals surface area contributed by atoms with Crippen LogP contribution in [0.1, 0.15) is 37.0 Å². The third-order valence-corrected chi connectivity index (χ3v) is 4.98. The average molecular weight is 363 g/mol. The van der Waals surface area contributed by atoms with Gasteiger partial charge >= 0.3 is 0 Å². The zero-order chi connectivity index (χ0) is 19.3. The van der Waals surface area contributed by atoms with Gasteiger partial charge in [-0.1, -0.05) is 56.3 Å². The Morgan fingerprint density at radius 1 is 1.07 bits per heavy atom. The van der Waals surface area contributed by atoms with Crippen molar-refractivity contribution in [3.8, 4) is 22.8 Å². The van der Waals surface area contributed by atoms with E-state index in [-0.39, 0.29) is 5.91 Å². The molecule has 0 saturated heterocycles. The summed E-state index contributed by atoms with van der Waals surface area (Å²) >= 11 is 0. The van der Waals surface area contributed by atoms with Gasteiger partial charge in [-0.2, -0.15) is 0 Å². The predicted molar refractivity (Wildman–Crippen MR) is 107 cm³/mol. The first-order valence-corrected chi connectivity index (χ1v) is 9.24. The Morgan fingerprint density at radius 3 is 2.44 bits per heavy atom. The van der Waals surface area contributed by atoms with Gasteiger partial charge in [-0.15, -0.1) is 0 Å². The van der Waals surface area contributed by atoms with Crippen molar-refractivity contribution in [2.24, 2.45) is 5.73 Å². The van der Waals surface area contributed by atoms with Crippen LogP contribution in [-0.4, -0.2) is 23.0 Å². The van der Waals surface area contributed by atoms with Crippen molar-refractivity contribution < 1.29 is 9.21 Å². The molecule has 0 unspecified atom stereocenters. The van der Waals surface area contributed by atoms with E-state index in [1.54, 1.807) is 12.3 Å². The van der Waals surface area contributed by atoms with Gasteiger partial charge in [-0.3, -0.25) is 4.79 Å². The van der Waals surface area contributed by atoms with Gasteiger partial charge in [0.2, 0.25) is 5.89 Å². The van der Waals surface area contributed by atoms with Crippen LogP contribution in [0.4, 0.5) is 0 Å². The lowest BCUT2D eigenvalue weighted by Gasteiger charge is -2.26. The maximum absolute atomic E-state index is 12.8. The van der Waals surface area contributed by atoms with E-state index in [0.717, 1.165) is 18.4 Å². The van der Waals surface area contributed by atoms with Crippen LogP contribution in [0.3, 0.4) is 0 Å². The minimum absolute atomic E-state index is 0.179. The number of hydrogen-bond donors (Lipinski definition) is 2. The molecule has 3 rings (SSSR count). The lowest BCUT2D eigenvalue weighted by molar-refractivity contribution is 0.0942. The summed E-state index contributed by atoms with van der Waals surface area (Å²) in [5, 5.41) is 2.96. The molecular formula is C22H25N3O2. The van der Waals surface area contributed by atoms with Crippen LogP contribution < -0.4 is 11.1 Å². The first-order valence-electron chi connectivity index (χ1n) is 9.24. The molecule has 3 aromatic rings. The van der Waals surface area contributed by atoms with Gasteiger partial charge in [-0.25, -0.2) is 4.98 Å². The van der Waals surface area contributed by atoms with Gasteiger partial charge in [-0.05, 0) is 25.0 Å². The number of aromatic nitrogens is 1. The van der Waals surface area contributed by atoms with Gasteiger partial charge in [0.1, 0.15) is 0 Å². The molecule has 0 saturated carbocycles. The highest BCUT2D eigenvalue weighted by atomic mass is 16.4. The van der Waals surface area contributed by atoms with E-state index in [0.29, 0.717) is 29.3 Å². The van der Waals surface area contributed by atoms with Crippen LogP contribution in [0, 0.1) is 0 Å². The van der Waals surface area contributed by atoms with Crippen molar-refractivity contribution in [2.45, 2.75) is 32.2 Å². The third-order valence-electron chi connectivity index (χ3n) is 4.98. The maximum atomic E-state index is 12.8. The number of carbonyl (C=O) groups is 1. The summed E-state index contributed by atoms with van der Waals surface area (Å²) in [4.78, 5) is 17.1. The fourth-order valence-corrected chi connectivity index (χ4v) is 2.85. The van der Waals surface area contributed by atoms with E-state index in [1.165, 1.54) is 0 Å². The summed E-state index contributed by atoms with van der Waals surface area (Å²) in [6.45, 7) is 4.48. The number of carbonyl (C=O) groups excluding carboxylic acids is 1. The largest absolute Gasteiger partial charge is 0.436 e. The summed E-state index contributed by atoms with van der Waals surface area (Å²) in [6.07, 6.45) is 3.27. The summed E-state index contributed by atoms with van der Waals surface area (Å²) in [5.74, 6) is 0.908. The second-order valence-corrected chi connectivity index (χ2v) is 6.69. The Bertz CT molecular complexity index is 899. The molecule has 0 atom stereocenters. The average Bonchev–Trinajstić information content (AvgIpc) is 3.22. The fourth-order valence-electron chi connectivity index (χ4n) is 2.85. The standard InChI is InChI=1S/C22H25N3O2/c1-3-22(23,4-2)15-25-20(26)17-12-8-9-13-18(17)21-24-14-19(27-21)16-10-6-5-7-11-16/h5-14H,3-4,15,23H2,1-2H3,(H,25,26). The highest BCUT2D eigenvalue weighted by Crippen LogP contribution is 2.28. The van der Waals surface area contributed by atoms with Crippen LogP contribution in [-0.2, 0) is 0 Å². The molecule has 140 valence electrons. The quantitative estimate of drug-likeness (QED) is 0.657. The lowest BCUT2D eigenvalue weighted by Crippen LogP contribution is -2.49. The highest BCUT2D eigenvalue weighted by molar-refractivity contribution is 6.00. The normalized spacial score (nSPS) is 11.4. The molecule has 0 fully saturated rings. The molecule has 5 heteroatoms. The molecule has 1 amide bonds. The Kier molecular flexibility index (Phi) is 5.72. The van der Waals surface area contributed by atoms with Crippen molar-refractivity contribution in [3.05, 3.63) is 66.4 Å². The van der Waals surface area contributed by atoms with E-state index < -0.39 is 5.54 Å². The summed E-state index contributed by atoms with van der Waals surface area (Å²) in [5.41, 5.74) is 8.02. The number of benzene rings is 2. The number of nitrogens with two attached hydrogens (primary N) is 1. The van der Waals surface area contributed by atoms with Crippen LogP contribution >= 0.6 is 0 Å². The van der Waals surface area contributed by atoms with E-state index in [2.05, 4.69) is 10.3 Å². The molecule has 1 heterocycles. The zero-order valence-corrected chi connectivity index (χ0v) is 15.7. The van der Waals surface area contributed by atoms with E-state index in [9.17, 15) is 4.79 Å². The topological polar surface area (TPSA) is 81.1 Å². The number of hydrogen-bond acceptors (Lipinski definition) is 4. The number of nitrogens with one attached hydrogen (secondary N) is 1. The maximum Gasteiger partial charge on any atom is 0.252 e. The van der Waals surface area contributed by atoms with Crippen molar-refractivity contribution >= 4 is 5.91 Å². The van der Waals surface area contributed by atoms with E-state index in [1.807, 2.05) is 62.4 Å². The number of amides is 1. The molecule has 0 bridgehead atoms. The van der Waals surface area contributed by atoms with Crippen LogP contribution in [0.2, 0.25) is 0 Å². The molecule has 0 spiro atoms. The Labute approximate surface area is 159 Å². The SMILES string of the molecule is CCC(N)(CC)CNC(=O)c1ccccc1-c1ncc(-c2ccccc2)o1. The first-order chi connectivity index (χ1) is 13.1. The third kappa shape index (κ3) is 4.26. The van der Waals surface area contributed by atoms with Crippen LogP contribution in [0.5, 0.6) is 0 Å². The van der Waals surface area contributed by atoms with Gasteiger partial charge in [0.25, 0.3) is 5.91 Å². The minimum Gasteiger partial charge on any atom is -0.436 e. The molecular weight excluding hydrogens is 338 g/mol. The second kappa shape index (κ2) is 8.18. The number of nitrogens with zero attached hydrogens (tertiary/aromatic N) is 1. The molecule has 5 nitrogen and oxygen atoms in total. The van der Waals surface area contributed by atoms with E-state index >= 15 is 0 Å². The monoisotopic (exact) mass is 363 g/mol. The Hall–Kier alpha value is -2.92. The van der Waals surface area contributed by atoms with Gasteiger partial charge in [0.15, 0.2) is 5.76 Å². The molecule has 1 aromatic heterocycles. The van der Waals surface area contributed by atoms with Gasteiger partial charge in [0, 0.05) is 23.2 Å². The predicted octanol–water partition coefficient (Wildman–Crippen LogP) is 4.26. The summed E-state index contributed by atoms with van der Waals surface area (Å²) < 4.78 is 5.92. The lowest BCUT2D eigenvalue weighted by atomic mass is 9.94. The van der Waals surface area contributed by atoms with Gasteiger partial charge in [0.05, 0.1) is 11.8 Å². The van der Waals surface area contributed by atoms with Gasteiger partial charge < -0.3 is 15.5 Å². The zero-order valence-electron chi connectivity index (χ0n) is 15.7. The Morgan fingerprint density at radius 2 is 1.74 bits per heavy atom. The molecule has 0 aliphatic heterocycles.